The summed E-state index contributed by atoms with van der Waals surface area (Å²) >= 11 is 2.43. The maximum absolute atomic E-state index is 5.90. The quantitative estimate of drug-likeness (QED) is 0.341. The highest BCUT2D eigenvalue weighted by Gasteiger charge is 2.19. The van der Waals surface area contributed by atoms with Gasteiger partial charge in [0, 0.05) is 39.5 Å². The molecule has 3 aromatic rings. The van der Waals surface area contributed by atoms with Gasteiger partial charge in [-0.2, -0.15) is 0 Å². The third kappa shape index (κ3) is 3.20. The molecule has 0 unspecified atom stereocenters. The lowest BCUT2D eigenvalue weighted by atomic mass is 9.99. The van der Waals surface area contributed by atoms with E-state index in [1.54, 1.807) is 0 Å². The summed E-state index contributed by atoms with van der Waals surface area (Å²) in [6.45, 7) is 1.03. The number of pyridine rings is 1. The van der Waals surface area contributed by atoms with Crippen molar-refractivity contribution in [3.05, 3.63) is 66.3 Å². The van der Waals surface area contributed by atoms with Crippen LogP contribution < -0.4 is 9.47 Å². The van der Waals surface area contributed by atoms with Crippen molar-refractivity contribution in [1.82, 2.24) is 4.98 Å². The minimum Gasteiger partial charge on any atom is -0.411 e. The van der Waals surface area contributed by atoms with Gasteiger partial charge in [-0.25, -0.2) is 4.57 Å². The molecule has 0 fully saturated rings. The first-order valence-electron chi connectivity index (χ1n) is 8.33. The van der Waals surface area contributed by atoms with Crippen LogP contribution in [0.1, 0.15) is 17.9 Å². The predicted molar refractivity (Wildman–Crippen MR) is 109 cm³/mol. The normalized spacial score (nSPS) is 15.1. The van der Waals surface area contributed by atoms with Crippen LogP contribution in [0.3, 0.4) is 0 Å². The molecule has 126 valence electrons. The van der Waals surface area contributed by atoms with Crippen LogP contribution in [0.4, 0.5) is 5.69 Å². The fourth-order valence-electron chi connectivity index (χ4n) is 3.09. The Kier molecular flexibility index (Phi) is 4.57. The number of rotatable bonds is 4. The van der Waals surface area contributed by atoms with E-state index in [0.29, 0.717) is 5.89 Å². The van der Waals surface area contributed by atoms with Crippen molar-refractivity contribution < 1.29 is 8.98 Å². The van der Waals surface area contributed by atoms with Gasteiger partial charge in [0.2, 0.25) is 5.58 Å². The van der Waals surface area contributed by atoms with Crippen molar-refractivity contribution in [2.24, 2.45) is 7.05 Å². The second kappa shape index (κ2) is 7.00. The first-order valence-corrected chi connectivity index (χ1v) is 9.86. The van der Waals surface area contributed by atoms with Gasteiger partial charge >= 0.3 is 11.5 Å². The van der Waals surface area contributed by atoms with Crippen LogP contribution >= 0.6 is 22.6 Å². The third-order valence-electron chi connectivity index (χ3n) is 4.31. The van der Waals surface area contributed by atoms with E-state index in [9.17, 15) is 0 Å². The maximum Gasteiger partial charge on any atom is 0.370 e. The minimum atomic E-state index is 0.631. The van der Waals surface area contributed by atoms with Gasteiger partial charge in [-0.05, 0) is 36.3 Å². The van der Waals surface area contributed by atoms with E-state index < -0.39 is 0 Å². The summed E-state index contributed by atoms with van der Waals surface area (Å²) in [7, 11) is 1.97. The molecule has 25 heavy (non-hydrogen) atoms. The fraction of sp³-hybridized carbons (Fsp3) is 0.200. The second-order valence-corrected chi connectivity index (χ2v) is 7.11. The monoisotopic (exact) mass is 444 g/mol. The number of para-hydroxylation sites is 1. The Labute approximate surface area is 160 Å². The molecule has 0 atom stereocenters. The maximum atomic E-state index is 5.90. The van der Waals surface area contributed by atoms with E-state index in [1.807, 2.05) is 36.0 Å². The summed E-state index contributed by atoms with van der Waals surface area (Å²) in [5, 5.41) is 0. The highest BCUT2D eigenvalue weighted by atomic mass is 127. The molecule has 0 saturated carbocycles. The number of benzene rings is 1. The summed E-state index contributed by atoms with van der Waals surface area (Å²) < 4.78 is 9.03. The molecule has 0 saturated heterocycles. The van der Waals surface area contributed by atoms with Crippen molar-refractivity contribution in [1.29, 1.82) is 0 Å². The fourth-order valence-corrected chi connectivity index (χ4v) is 3.43. The van der Waals surface area contributed by atoms with Crippen LogP contribution in [0.15, 0.2) is 59.3 Å². The van der Waals surface area contributed by atoms with Crippen LogP contribution in [0.2, 0.25) is 0 Å². The number of hydrogen-bond acceptors (Lipinski definition) is 3. The molecule has 0 amide bonds. The number of oxazole rings is 1. The van der Waals surface area contributed by atoms with E-state index in [-0.39, 0.29) is 0 Å². The van der Waals surface area contributed by atoms with E-state index in [2.05, 4.69) is 69.0 Å². The Morgan fingerprint density at radius 1 is 1.24 bits per heavy atom. The average molecular weight is 444 g/mol. The van der Waals surface area contributed by atoms with Crippen molar-refractivity contribution in [3.63, 3.8) is 0 Å². The summed E-state index contributed by atoms with van der Waals surface area (Å²) in [5.41, 5.74) is 5.23. The molecule has 4 rings (SSSR count). The number of alkyl halides is 1. The number of aryl methyl sites for hydroxylation is 1. The van der Waals surface area contributed by atoms with Crippen molar-refractivity contribution in [3.8, 4) is 0 Å². The number of fused-ring (bicyclic) bond motifs is 2. The van der Waals surface area contributed by atoms with E-state index in [1.165, 1.54) is 17.7 Å². The number of hydrogen-bond donors (Lipinski definition) is 0. The Morgan fingerprint density at radius 3 is 2.96 bits per heavy atom. The lowest BCUT2D eigenvalue weighted by molar-refractivity contribution is -0.646. The van der Waals surface area contributed by atoms with Gasteiger partial charge in [-0.15, -0.1) is 0 Å². The van der Waals surface area contributed by atoms with Gasteiger partial charge in [0.25, 0.3) is 0 Å². The highest BCUT2D eigenvalue weighted by molar-refractivity contribution is 14.1. The molecule has 1 aliphatic heterocycles. The van der Waals surface area contributed by atoms with Gasteiger partial charge < -0.3 is 9.32 Å². The summed E-state index contributed by atoms with van der Waals surface area (Å²) in [5.74, 6) is 0.631. The molecule has 5 heteroatoms. The van der Waals surface area contributed by atoms with Gasteiger partial charge in [0.05, 0.1) is 13.2 Å². The van der Waals surface area contributed by atoms with Crippen LogP contribution in [0, 0.1) is 0 Å². The zero-order valence-electron chi connectivity index (χ0n) is 14.0. The molecule has 4 nitrogen and oxygen atoms in total. The average Bonchev–Trinajstić information content (AvgIpc) is 3.05. The van der Waals surface area contributed by atoms with Gasteiger partial charge in [-0.1, -0.05) is 40.8 Å². The Hall–Kier alpha value is -2.15. The molecule has 2 aromatic heterocycles. The predicted octanol–water partition coefficient (Wildman–Crippen LogP) is 4.35. The molecule has 3 heterocycles. The largest absolute Gasteiger partial charge is 0.411 e. The van der Waals surface area contributed by atoms with Gasteiger partial charge in [0.15, 0.2) is 0 Å². The second-order valence-electron chi connectivity index (χ2n) is 6.03. The SMILES string of the molecule is C[n+]1cccc2oc(/C=C3\C=CN(CCCI)c4ccccc43)nc21. The number of allylic oxidation sites excluding steroid dienone is 2. The summed E-state index contributed by atoms with van der Waals surface area (Å²) in [6.07, 6.45) is 9.46. The molecular formula is C20H19IN3O+. The molecule has 1 aromatic carbocycles. The smallest absolute Gasteiger partial charge is 0.370 e. The first kappa shape index (κ1) is 16.3. The minimum absolute atomic E-state index is 0.631. The lowest BCUT2D eigenvalue weighted by Gasteiger charge is -2.27. The van der Waals surface area contributed by atoms with Crippen LogP contribution in [-0.2, 0) is 7.05 Å². The Bertz CT molecular complexity index is 974. The van der Waals surface area contributed by atoms with Crippen molar-refractivity contribution >= 4 is 51.2 Å². The molecule has 0 N–H and O–H groups in total. The first-order chi connectivity index (χ1) is 12.3. The molecule has 1 aliphatic rings. The lowest BCUT2D eigenvalue weighted by Crippen LogP contribution is -2.28. The molecular weight excluding hydrogens is 425 g/mol. The van der Waals surface area contributed by atoms with Crippen molar-refractivity contribution in [2.75, 3.05) is 15.9 Å². The van der Waals surface area contributed by atoms with E-state index in [4.69, 9.17) is 4.42 Å². The number of anilines is 1. The zero-order valence-corrected chi connectivity index (χ0v) is 16.2. The zero-order chi connectivity index (χ0) is 17.2. The summed E-state index contributed by atoms with van der Waals surface area (Å²) in [4.78, 5) is 6.94. The van der Waals surface area contributed by atoms with Crippen LogP contribution in [0.5, 0.6) is 0 Å². The van der Waals surface area contributed by atoms with Gasteiger partial charge in [0.1, 0.15) is 0 Å². The van der Waals surface area contributed by atoms with Crippen molar-refractivity contribution in [2.45, 2.75) is 6.42 Å². The van der Waals surface area contributed by atoms with E-state index >= 15 is 0 Å². The number of aromatic nitrogens is 2. The molecule has 0 aliphatic carbocycles. The summed E-state index contributed by atoms with van der Waals surface area (Å²) in [6, 6.07) is 12.4. The molecule has 0 spiro atoms. The van der Waals surface area contributed by atoms with E-state index in [0.717, 1.165) is 27.8 Å². The molecule has 0 bridgehead atoms. The van der Waals surface area contributed by atoms with Gasteiger partial charge in [-0.3, -0.25) is 0 Å². The Morgan fingerprint density at radius 2 is 2.12 bits per heavy atom. The third-order valence-corrected chi connectivity index (χ3v) is 5.08. The standard InChI is InChI=1S/C20H19IN3O/c1-23-11-4-8-18-20(23)22-19(25-18)14-15-9-13-24(12-5-10-21)17-7-3-2-6-16(15)17/h2-4,6-9,11,13-14H,5,10,12H2,1H3/q+1. The highest BCUT2D eigenvalue weighted by Crippen LogP contribution is 2.34. The number of halogens is 1. The number of nitrogens with zero attached hydrogens (tertiary/aromatic N) is 3. The van der Waals surface area contributed by atoms with Crippen LogP contribution in [0.25, 0.3) is 22.9 Å². The van der Waals surface area contributed by atoms with Crippen LogP contribution in [-0.4, -0.2) is 16.0 Å². The molecule has 0 radical (unpaired) electrons. The topological polar surface area (TPSA) is 33.1 Å². The Balaban J connectivity index is 1.74.